The zero-order valence-electron chi connectivity index (χ0n) is 13.2. The number of nitrogens with zero attached hydrogens (tertiary/aromatic N) is 1. The average Bonchev–Trinajstić information content (AvgIpc) is 2.31. The minimum atomic E-state index is 0.319. The molecule has 0 fully saturated rings. The van der Waals surface area contributed by atoms with Crippen LogP contribution in [0, 0.1) is 16.7 Å². The molecule has 1 atom stereocenters. The van der Waals surface area contributed by atoms with E-state index in [9.17, 15) is 0 Å². The molecule has 2 nitrogen and oxygen atoms in total. The first-order valence-corrected chi connectivity index (χ1v) is 7.65. The minimum Gasteiger partial charge on any atom is -0.411 e. The lowest BCUT2D eigenvalue weighted by molar-refractivity contribution is 0.165. The maximum absolute atomic E-state index is 8.93. The fourth-order valence-corrected chi connectivity index (χ4v) is 4.03. The number of hydrogen-bond donors (Lipinski definition) is 1. The zero-order chi connectivity index (χ0) is 14.3. The smallest absolute Gasteiger partial charge is 0.0543 e. The summed E-state index contributed by atoms with van der Waals surface area (Å²) in [5.41, 5.74) is 5.04. The quantitative estimate of drug-likeness (QED) is 0.317. The molecule has 2 rings (SSSR count). The van der Waals surface area contributed by atoms with Crippen LogP contribution in [0.2, 0.25) is 0 Å². The topological polar surface area (TPSA) is 32.6 Å². The van der Waals surface area contributed by atoms with Crippen LogP contribution >= 0.6 is 0 Å². The molecule has 0 aromatic carbocycles. The highest BCUT2D eigenvalue weighted by Gasteiger charge is 2.41. The second-order valence-electron chi connectivity index (χ2n) is 7.93. The van der Waals surface area contributed by atoms with Crippen LogP contribution < -0.4 is 0 Å². The van der Waals surface area contributed by atoms with Crippen molar-refractivity contribution in [3.05, 3.63) is 11.1 Å². The van der Waals surface area contributed by atoms with Gasteiger partial charge in [-0.2, -0.15) is 0 Å². The molecular formula is C17H29NO. The van der Waals surface area contributed by atoms with Gasteiger partial charge in [0.2, 0.25) is 0 Å². The van der Waals surface area contributed by atoms with Crippen molar-refractivity contribution in [2.75, 3.05) is 0 Å². The van der Waals surface area contributed by atoms with E-state index in [0.717, 1.165) is 12.1 Å². The first kappa shape index (κ1) is 14.6. The molecule has 0 saturated heterocycles. The lowest BCUT2D eigenvalue weighted by Gasteiger charge is -2.47. The van der Waals surface area contributed by atoms with Crippen molar-refractivity contribution in [1.29, 1.82) is 0 Å². The highest BCUT2D eigenvalue weighted by molar-refractivity contribution is 5.81. The van der Waals surface area contributed by atoms with Crippen molar-refractivity contribution in [2.45, 2.75) is 73.1 Å². The molecule has 0 bridgehead atoms. The van der Waals surface area contributed by atoms with Crippen LogP contribution in [0.5, 0.6) is 0 Å². The van der Waals surface area contributed by atoms with Gasteiger partial charge in [-0.05, 0) is 62.2 Å². The van der Waals surface area contributed by atoms with E-state index >= 15 is 0 Å². The summed E-state index contributed by atoms with van der Waals surface area (Å²) < 4.78 is 0. The van der Waals surface area contributed by atoms with Gasteiger partial charge in [-0.3, -0.25) is 0 Å². The van der Waals surface area contributed by atoms with Crippen molar-refractivity contribution in [1.82, 2.24) is 0 Å². The van der Waals surface area contributed by atoms with Gasteiger partial charge in [0.15, 0.2) is 0 Å². The van der Waals surface area contributed by atoms with E-state index in [0.29, 0.717) is 16.7 Å². The highest BCUT2D eigenvalue weighted by Crippen LogP contribution is 2.54. The fourth-order valence-electron chi connectivity index (χ4n) is 4.03. The van der Waals surface area contributed by atoms with Crippen LogP contribution in [-0.4, -0.2) is 10.9 Å². The summed E-state index contributed by atoms with van der Waals surface area (Å²) >= 11 is 0. The van der Waals surface area contributed by atoms with E-state index < -0.39 is 0 Å². The van der Waals surface area contributed by atoms with E-state index in [-0.39, 0.29) is 0 Å². The number of hydrogen-bond acceptors (Lipinski definition) is 2. The Labute approximate surface area is 118 Å². The van der Waals surface area contributed by atoms with E-state index in [1.165, 1.54) is 32.1 Å². The molecule has 0 aromatic rings. The van der Waals surface area contributed by atoms with E-state index in [1.807, 2.05) is 6.92 Å². The normalized spacial score (nSPS) is 30.2. The van der Waals surface area contributed by atoms with E-state index in [1.54, 1.807) is 11.1 Å². The summed E-state index contributed by atoms with van der Waals surface area (Å²) in [5, 5.41) is 12.3. The lowest BCUT2D eigenvalue weighted by atomic mass is 9.58. The van der Waals surface area contributed by atoms with Crippen LogP contribution in [0.1, 0.15) is 73.1 Å². The van der Waals surface area contributed by atoms with Gasteiger partial charge in [0.25, 0.3) is 0 Å². The van der Waals surface area contributed by atoms with E-state index in [4.69, 9.17) is 5.21 Å². The predicted octanol–water partition coefficient (Wildman–Crippen LogP) is 5.17. The van der Waals surface area contributed by atoms with Gasteiger partial charge >= 0.3 is 0 Å². The molecule has 0 radical (unpaired) electrons. The first-order valence-electron chi connectivity index (χ1n) is 7.65. The van der Waals surface area contributed by atoms with Gasteiger partial charge in [-0.15, -0.1) is 0 Å². The van der Waals surface area contributed by atoms with Gasteiger partial charge in [0.1, 0.15) is 0 Å². The third-order valence-corrected chi connectivity index (χ3v) is 5.47. The van der Waals surface area contributed by atoms with Gasteiger partial charge in [0.05, 0.1) is 5.71 Å². The molecule has 0 aromatic heterocycles. The third kappa shape index (κ3) is 2.88. The molecule has 1 unspecified atom stereocenters. The Balaban J connectivity index is 2.27. The number of rotatable bonds is 2. The first-order chi connectivity index (χ1) is 8.76. The molecule has 0 saturated carbocycles. The molecule has 2 aliphatic carbocycles. The highest BCUT2D eigenvalue weighted by atomic mass is 16.4. The molecule has 19 heavy (non-hydrogen) atoms. The molecule has 0 amide bonds. The van der Waals surface area contributed by atoms with Crippen LogP contribution in [-0.2, 0) is 0 Å². The van der Waals surface area contributed by atoms with Crippen molar-refractivity contribution < 1.29 is 5.21 Å². The Hall–Kier alpha value is -0.790. The summed E-state index contributed by atoms with van der Waals surface area (Å²) in [6.07, 6.45) is 7.33. The number of oxime groups is 1. The van der Waals surface area contributed by atoms with Crippen molar-refractivity contribution >= 4 is 5.71 Å². The van der Waals surface area contributed by atoms with Crippen LogP contribution in [0.15, 0.2) is 16.3 Å². The van der Waals surface area contributed by atoms with Crippen LogP contribution in [0.4, 0.5) is 0 Å². The van der Waals surface area contributed by atoms with Crippen LogP contribution in [0.3, 0.4) is 0 Å². The van der Waals surface area contributed by atoms with Gasteiger partial charge < -0.3 is 5.21 Å². The SMILES string of the molecule is C/C(CC1CC2=C(CC1(C)C)C(C)(C)CCC2)=N\O. The van der Waals surface area contributed by atoms with Crippen molar-refractivity contribution in [2.24, 2.45) is 21.9 Å². The molecule has 0 spiro atoms. The third-order valence-electron chi connectivity index (χ3n) is 5.47. The average molecular weight is 263 g/mol. The van der Waals surface area contributed by atoms with Gasteiger partial charge in [0, 0.05) is 0 Å². The molecule has 2 heteroatoms. The fraction of sp³-hybridized carbons (Fsp3) is 0.824. The summed E-state index contributed by atoms with van der Waals surface area (Å²) in [4.78, 5) is 0. The summed E-state index contributed by atoms with van der Waals surface area (Å²) in [6, 6.07) is 0. The molecular weight excluding hydrogens is 234 g/mol. The monoisotopic (exact) mass is 263 g/mol. The lowest BCUT2D eigenvalue weighted by Crippen LogP contribution is -2.36. The Morgan fingerprint density at radius 3 is 2.63 bits per heavy atom. The van der Waals surface area contributed by atoms with Crippen LogP contribution in [0.25, 0.3) is 0 Å². The van der Waals surface area contributed by atoms with Crippen molar-refractivity contribution in [3.63, 3.8) is 0 Å². The summed E-state index contributed by atoms with van der Waals surface area (Å²) in [5.74, 6) is 0.621. The molecule has 0 aliphatic heterocycles. The van der Waals surface area contributed by atoms with Gasteiger partial charge in [-0.1, -0.05) is 44.0 Å². The second kappa shape index (κ2) is 4.96. The summed E-state index contributed by atoms with van der Waals surface area (Å²) in [6.45, 7) is 11.5. The maximum atomic E-state index is 8.93. The molecule has 0 heterocycles. The zero-order valence-corrected chi connectivity index (χ0v) is 13.2. The Morgan fingerprint density at radius 1 is 1.32 bits per heavy atom. The largest absolute Gasteiger partial charge is 0.411 e. The van der Waals surface area contributed by atoms with Gasteiger partial charge in [-0.25, -0.2) is 0 Å². The Kier molecular flexibility index (Phi) is 3.81. The Morgan fingerprint density at radius 2 is 2.00 bits per heavy atom. The maximum Gasteiger partial charge on any atom is 0.0543 e. The molecule has 2 aliphatic rings. The predicted molar refractivity (Wildman–Crippen MR) is 80.7 cm³/mol. The summed E-state index contributed by atoms with van der Waals surface area (Å²) in [7, 11) is 0. The number of allylic oxidation sites excluding steroid dienone is 2. The molecule has 1 N–H and O–H groups in total. The molecule has 108 valence electrons. The van der Waals surface area contributed by atoms with E-state index in [2.05, 4.69) is 32.9 Å². The standard InChI is InChI=1S/C17H29NO/c1-12(18-19)9-14-10-13-7-6-8-16(2,3)15(13)11-17(14,4)5/h14,19H,6-11H2,1-5H3/b18-12+. The Bertz CT molecular complexity index is 415. The second-order valence-corrected chi connectivity index (χ2v) is 7.93. The van der Waals surface area contributed by atoms with Crippen molar-refractivity contribution in [3.8, 4) is 0 Å². The minimum absolute atomic E-state index is 0.319.